The molecule has 4 nitrogen and oxygen atoms in total. The van der Waals surface area contributed by atoms with Gasteiger partial charge in [0.05, 0.1) is 12.5 Å². The highest BCUT2D eigenvalue weighted by Crippen LogP contribution is 2.33. The Morgan fingerprint density at radius 2 is 1.84 bits per heavy atom. The molecular weight excluding hydrogens is 244 g/mol. The summed E-state index contributed by atoms with van der Waals surface area (Å²) in [6.45, 7) is 4.87. The molecule has 4 heteroatoms. The van der Waals surface area contributed by atoms with E-state index in [4.69, 9.17) is 4.74 Å². The zero-order valence-corrected chi connectivity index (χ0v) is 11.6. The quantitative estimate of drug-likeness (QED) is 0.799. The van der Waals surface area contributed by atoms with Crippen molar-refractivity contribution in [1.82, 2.24) is 0 Å². The first kappa shape index (κ1) is 15.4. The largest absolute Gasteiger partial charge is 0.464 e. The number of rotatable bonds is 6. The van der Waals surface area contributed by atoms with Crippen molar-refractivity contribution in [3.05, 3.63) is 35.9 Å². The van der Waals surface area contributed by atoms with Crippen LogP contribution in [0.3, 0.4) is 0 Å². The molecule has 0 saturated carbocycles. The van der Waals surface area contributed by atoms with E-state index in [1.807, 2.05) is 6.07 Å². The number of ketones is 1. The molecule has 0 fully saturated rings. The van der Waals surface area contributed by atoms with Crippen LogP contribution in [0.1, 0.15) is 38.7 Å². The van der Waals surface area contributed by atoms with E-state index in [2.05, 4.69) is 0 Å². The molecule has 0 radical (unpaired) electrons. The zero-order valence-electron chi connectivity index (χ0n) is 11.6. The van der Waals surface area contributed by atoms with Crippen molar-refractivity contribution in [2.45, 2.75) is 38.7 Å². The van der Waals surface area contributed by atoms with Gasteiger partial charge in [0, 0.05) is 0 Å². The van der Waals surface area contributed by atoms with Crippen LogP contribution < -0.4 is 0 Å². The lowest BCUT2D eigenvalue weighted by atomic mass is 9.78. The van der Waals surface area contributed by atoms with Gasteiger partial charge in [0.15, 0.2) is 5.60 Å². The van der Waals surface area contributed by atoms with Crippen LogP contribution in [0.4, 0.5) is 0 Å². The fourth-order valence-corrected chi connectivity index (χ4v) is 2.21. The minimum Gasteiger partial charge on any atom is -0.464 e. The van der Waals surface area contributed by atoms with E-state index in [0.29, 0.717) is 5.56 Å². The first-order valence-corrected chi connectivity index (χ1v) is 6.42. The lowest BCUT2D eigenvalue weighted by Gasteiger charge is -2.31. The second-order valence-electron chi connectivity index (χ2n) is 4.45. The Kier molecular flexibility index (Phi) is 5.24. The fourth-order valence-electron chi connectivity index (χ4n) is 2.21. The maximum Gasteiger partial charge on any atom is 0.339 e. The van der Waals surface area contributed by atoms with Crippen molar-refractivity contribution < 1.29 is 19.4 Å². The van der Waals surface area contributed by atoms with E-state index in [9.17, 15) is 14.7 Å². The summed E-state index contributed by atoms with van der Waals surface area (Å²) in [6.07, 6.45) is 0.116. The number of Topliss-reactive ketones (excluding diaryl/α,β-unsaturated/α-hetero) is 1. The van der Waals surface area contributed by atoms with Crippen molar-refractivity contribution >= 4 is 11.8 Å². The molecule has 1 aromatic rings. The first-order valence-electron chi connectivity index (χ1n) is 6.42. The predicted molar refractivity (Wildman–Crippen MR) is 71.7 cm³/mol. The monoisotopic (exact) mass is 264 g/mol. The third-order valence-electron chi connectivity index (χ3n) is 3.18. The van der Waals surface area contributed by atoms with Crippen LogP contribution in [-0.2, 0) is 14.3 Å². The molecule has 1 N–H and O–H groups in total. The molecule has 0 aliphatic rings. The maximum absolute atomic E-state index is 12.0. The number of ether oxygens (including phenoxy) is 1. The summed E-state index contributed by atoms with van der Waals surface area (Å²) in [4.78, 5) is 23.9. The normalized spacial score (nSPS) is 15.4. The summed E-state index contributed by atoms with van der Waals surface area (Å²) in [5.41, 5.74) is -1.20. The number of carbonyl (C=O) groups excluding carboxylic acids is 2. The van der Waals surface area contributed by atoms with Crippen LogP contribution in [0.25, 0.3) is 0 Å². The third kappa shape index (κ3) is 3.20. The molecule has 2 unspecified atom stereocenters. The van der Waals surface area contributed by atoms with E-state index < -0.39 is 17.5 Å². The van der Waals surface area contributed by atoms with Gasteiger partial charge >= 0.3 is 5.97 Å². The molecule has 0 saturated heterocycles. The predicted octanol–water partition coefficient (Wildman–Crippen LogP) is 2.06. The van der Waals surface area contributed by atoms with Crippen LogP contribution in [0.2, 0.25) is 0 Å². The minimum atomic E-state index is -1.82. The smallest absolute Gasteiger partial charge is 0.339 e. The van der Waals surface area contributed by atoms with Gasteiger partial charge in [-0.15, -0.1) is 0 Å². The van der Waals surface area contributed by atoms with Gasteiger partial charge in [-0.3, -0.25) is 4.79 Å². The summed E-state index contributed by atoms with van der Waals surface area (Å²) in [5.74, 6) is -1.91. The second-order valence-corrected chi connectivity index (χ2v) is 4.45. The van der Waals surface area contributed by atoms with Gasteiger partial charge in [-0.2, -0.15) is 0 Å². The van der Waals surface area contributed by atoms with E-state index in [1.165, 1.54) is 6.92 Å². The molecule has 19 heavy (non-hydrogen) atoms. The fraction of sp³-hybridized carbons (Fsp3) is 0.467. The van der Waals surface area contributed by atoms with Crippen molar-refractivity contribution in [3.63, 3.8) is 0 Å². The Labute approximate surface area is 113 Å². The van der Waals surface area contributed by atoms with Gasteiger partial charge in [-0.05, 0) is 25.8 Å². The summed E-state index contributed by atoms with van der Waals surface area (Å²) in [5, 5.41) is 10.6. The van der Waals surface area contributed by atoms with Crippen LogP contribution >= 0.6 is 0 Å². The summed E-state index contributed by atoms with van der Waals surface area (Å²) < 4.78 is 4.91. The molecule has 0 heterocycles. The number of carbonyl (C=O) groups is 2. The van der Waals surface area contributed by atoms with Gasteiger partial charge in [-0.1, -0.05) is 37.3 Å². The molecule has 0 aromatic heterocycles. The minimum absolute atomic E-state index is 0.116. The number of esters is 1. The Morgan fingerprint density at radius 1 is 1.26 bits per heavy atom. The Hall–Kier alpha value is -1.68. The third-order valence-corrected chi connectivity index (χ3v) is 3.18. The standard InChI is InChI=1S/C15H20O4/c1-4-15(18,14(17)19-5-2)13(11(3)16)12-9-7-6-8-10-12/h6-10,13,18H,4-5H2,1-3H3. The average Bonchev–Trinajstić information content (AvgIpc) is 2.39. The Balaban J connectivity index is 3.23. The van der Waals surface area contributed by atoms with E-state index in [1.54, 1.807) is 38.1 Å². The number of hydrogen-bond acceptors (Lipinski definition) is 4. The molecule has 1 rings (SSSR count). The van der Waals surface area contributed by atoms with Gasteiger partial charge in [0.1, 0.15) is 5.78 Å². The van der Waals surface area contributed by atoms with Crippen LogP contribution in [0.15, 0.2) is 30.3 Å². The van der Waals surface area contributed by atoms with E-state index in [-0.39, 0.29) is 18.8 Å². The summed E-state index contributed by atoms with van der Waals surface area (Å²) in [7, 11) is 0. The SMILES string of the molecule is CCOC(=O)C(O)(CC)C(C(C)=O)c1ccccc1. The molecule has 104 valence electrons. The highest BCUT2D eigenvalue weighted by atomic mass is 16.5. The van der Waals surface area contributed by atoms with Crippen LogP contribution in [0.5, 0.6) is 0 Å². The van der Waals surface area contributed by atoms with Crippen molar-refractivity contribution in [2.75, 3.05) is 6.61 Å². The Bertz CT molecular complexity index is 441. The molecular formula is C15H20O4. The van der Waals surface area contributed by atoms with Gasteiger partial charge < -0.3 is 9.84 Å². The highest BCUT2D eigenvalue weighted by Gasteiger charge is 2.47. The van der Waals surface area contributed by atoms with Crippen LogP contribution in [-0.4, -0.2) is 29.1 Å². The first-order chi connectivity index (χ1) is 8.97. The Morgan fingerprint density at radius 3 is 2.26 bits per heavy atom. The van der Waals surface area contributed by atoms with E-state index >= 15 is 0 Å². The van der Waals surface area contributed by atoms with Gasteiger partial charge in [0.25, 0.3) is 0 Å². The highest BCUT2D eigenvalue weighted by molar-refractivity contribution is 5.93. The summed E-state index contributed by atoms with van der Waals surface area (Å²) in [6, 6.07) is 8.81. The number of benzene rings is 1. The van der Waals surface area contributed by atoms with Gasteiger partial charge in [-0.25, -0.2) is 4.79 Å². The maximum atomic E-state index is 12.0. The number of hydrogen-bond donors (Lipinski definition) is 1. The zero-order chi connectivity index (χ0) is 14.5. The molecule has 0 aliphatic heterocycles. The molecule has 2 atom stereocenters. The molecule has 0 spiro atoms. The summed E-state index contributed by atoms with van der Waals surface area (Å²) >= 11 is 0. The topological polar surface area (TPSA) is 63.6 Å². The molecule has 0 amide bonds. The number of aliphatic hydroxyl groups is 1. The van der Waals surface area contributed by atoms with Crippen LogP contribution in [0, 0.1) is 0 Å². The lowest BCUT2D eigenvalue weighted by Crippen LogP contribution is -2.47. The van der Waals surface area contributed by atoms with E-state index in [0.717, 1.165) is 0 Å². The molecule has 1 aromatic carbocycles. The van der Waals surface area contributed by atoms with Crippen molar-refractivity contribution in [2.24, 2.45) is 0 Å². The van der Waals surface area contributed by atoms with Crippen molar-refractivity contribution in [1.29, 1.82) is 0 Å². The molecule has 0 bridgehead atoms. The second kappa shape index (κ2) is 6.48. The lowest BCUT2D eigenvalue weighted by molar-refractivity contribution is -0.170. The molecule has 0 aliphatic carbocycles. The van der Waals surface area contributed by atoms with Gasteiger partial charge in [0.2, 0.25) is 0 Å². The average molecular weight is 264 g/mol. The van der Waals surface area contributed by atoms with Crippen molar-refractivity contribution in [3.8, 4) is 0 Å².